The highest BCUT2D eigenvalue weighted by molar-refractivity contribution is 6.34. The summed E-state index contributed by atoms with van der Waals surface area (Å²) in [6, 6.07) is 10.3. The lowest BCUT2D eigenvalue weighted by atomic mass is 10.1. The van der Waals surface area contributed by atoms with E-state index in [0.29, 0.717) is 23.2 Å². The molecule has 0 radical (unpaired) electrons. The predicted molar refractivity (Wildman–Crippen MR) is 75.9 cm³/mol. The molecule has 0 saturated heterocycles. The average molecular weight is 277 g/mol. The second kappa shape index (κ2) is 4.84. The molecular weight excluding hydrogens is 266 g/mol. The third kappa shape index (κ3) is 1.89. The van der Waals surface area contributed by atoms with Gasteiger partial charge in [-0.1, -0.05) is 19.1 Å². The minimum Gasteiger partial charge on any atom is -0.268 e. The quantitative estimate of drug-likeness (QED) is 0.789. The SMILES string of the molecule is CCc1cc(C#N)ncc1N1C(=O)c2ccccc2C1=O. The molecular formula is C16H11N3O2. The van der Waals surface area contributed by atoms with Gasteiger partial charge >= 0.3 is 0 Å². The summed E-state index contributed by atoms with van der Waals surface area (Å²) < 4.78 is 0. The average Bonchev–Trinajstić information content (AvgIpc) is 2.79. The van der Waals surface area contributed by atoms with Crippen LogP contribution in [-0.4, -0.2) is 16.8 Å². The fourth-order valence-corrected chi connectivity index (χ4v) is 2.44. The van der Waals surface area contributed by atoms with Gasteiger partial charge in [-0.15, -0.1) is 0 Å². The zero-order valence-corrected chi connectivity index (χ0v) is 11.3. The molecule has 5 heteroatoms. The normalized spacial score (nSPS) is 13.2. The number of benzene rings is 1. The van der Waals surface area contributed by atoms with Gasteiger partial charge in [0.2, 0.25) is 0 Å². The number of aromatic nitrogens is 1. The highest BCUT2D eigenvalue weighted by Crippen LogP contribution is 2.30. The second-order valence-corrected chi connectivity index (χ2v) is 4.65. The Morgan fingerprint density at radius 2 is 1.81 bits per heavy atom. The zero-order chi connectivity index (χ0) is 15.0. The summed E-state index contributed by atoms with van der Waals surface area (Å²) in [6.07, 6.45) is 2.01. The molecule has 2 amide bonds. The van der Waals surface area contributed by atoms with Gasteiger partial charge in [-0.05, 0) is 30.2 Å². The van der Waals surface area contributed by atoms with Crippen molar-refractivity contribution < 1.29 is 9.59 Å². The molecule has 1 aromatic carbocycles. The van der Waals surface area contributed by atoms with E-state index in [4.69, 9.17) is 5.26 Å². The molecule has 0 unspecified atom stereocenters. The molecule has 5 nitrogen and oxygen atoms in total. The van der Waals surface area contributed by atoms with Crippen LogP contribution in [0.1, 0.15) is 38.9 Å². The first-order valence-corrected chi connectivity index (χ1v) is 6.54. The number of imide groups is 1. The van der Waals surface area contributed by atoms with Crippen molar-refractivity contribution in [3.05, 3.63) is 58.9 Å². The first-order valence-electron chi connectivity index (χ1n) is 6.54. The summed E-state index contributed by atoms with van der Waals surface area (Å²) in [5, 5.41) is 8.90. The van der Waals surface area contributed by atoms with E-state index in [1.165, 1.54) is 6.20 Å². The van der Waals surface area contributed by atoms with Crippen LogP contribution in [0.2, 0.25) is 0 Å². The number of aryl methyl sites for hydroxylation is 1. The lowest BCUT2D eigenvalue weighted by Gasteiger charge is -2.17. The van der Waals surface area contributed by atoms with Gasteiger partial charge in [0, 0.05) is 0 Å². The summed E-state index contributed by atoms with van der Waals surface area (Å²) >= 11 is 0. The standard InChI is InChI=1S/C16H11N3O2/c1-2-10-7-11(8-17)18-9-14(10)19-15(20)12-5-3-4-6-13(12)16(19)21/h3-7,9H,2H2,1H3. The maximum absolute atomic E-state index is 12.4. The predicted octanol–water partition coefficient (Wildman–Crippen LogP) is 2.32. The number of hydrogen-bond donors (Lipinski definition) is 0. The van der Waals surface area contributed by atoms with Crippen LogP contribution in [0.25, 0.3) is 0 Å². The van der Waals surface area contributed by atoms with E-state index in [-0.39, 0.29) is 17.5 Å². The number of nitrogens with zero attached hydrogens (tertiary/aromatic N) is 3. The Labute approximate surface area is 121 Å². The summed E-state index contributed by atoms with van der Waals surface area (Å²) in [4.78, 5) is 30.0. The summed E-state index contributed by atoms with van der Waals surface area (Å²) in [7, 11) is 0. The van der Waals surface area contributed by atoms with E-state index < -0.39 is 0 Å². The van der Waals surface area contributed by atoms with E-state index in [9.17, 15) is 9.59 Å². The minimum absolute atomic E-state index is 0.271. The summed E-state index contributed by atoms with van der Waals surface area (Å²) in [5.74, 6) is -0.700. The molecule has 0 fully saturated rings. The van der Waals surface area contributed by atoms with Gasteiger partial charge in [0.1, 0.15) is 11.8 Å². The maximum Gasteiger partial charge on any atom is 0.266 e. The van der Waals surface area contributed by atoms with Crippen LogP contribution in [0, 0.1) is 11.3 Å². The topological polar surface area (TPSA) is 74.1 Å². The molecule has 1 aliphatic heterocycles. The Balaban J connectivity index is 2.13. The lowest BCUT2D eigenvalue weighted by Crippen LogP contribution is -2.30. The number of anilines is 1. The largest absolute Gasteiger partial charge is 0.268 e. The zero-order valence-electron chi connectivity index (χ0n) is 11.3. The van der Waals surface area contributed by atoms with Crippen LogP contribution in [0.3, 0.4) is 0 Å². The molecule has 0 aliphatic carbocycles. The van der Waals surface area contributed by atoms with Gasteiger partial charge in [0.15, 0.2) is 0 Å². The Kier molecular flexibility index (Phi) is 2.99. The van der Waals surface area contributed by atoms with Crippen molar-refractivity contribution >= 4 is 17.5 Å². The van der Waals surface area contributed by atoms with Crippen molar-refractivity contribution in [1.82, 2.24) is 4.98 Å². The van der Waals surface area contributed by atoms with E-state index >= 15 is 0 Å². The molecule has 0 saturated carbocycles. The molecule has 3 rings (SSSR count). The van der Waals surface area contributed by atoms with E-state index in [2.05, 4.69) is 4.98 Å². The molecule has 102 valence electrons. The number of rotatable bonds is 2. The second-order valence-electron chi connectivity index (χ2n) is 4.65. The Morgan fingerprint density at radius 3 is 2.33 bits per heavy atom. The van der Waals surface area contributed by atoms with Crippen LogP contribution in [0.5, 0.6) is 0 Å². The van der Waals surface area contributed by atoms with Gasteiger partial charge in [-0.25, -0.2) is 9.88 Å². The first kappa shape index (κ1) is 13.0. The number of carbonyl (C=O) groups excluding carboxylic acids is 2. The maximum atomic E-state index is 12.4. The minimum atomic E-state index is -0.350. The monoisotopic (exact) mass is 277 g/mol. The molecule has 0 atom stereocenters. The van der Waals surface area contributed by atoms with Gasteiger partial charge in [0.25, 0.3) is 11.8 Å². The molecule has 1 aliphatic rings. The van der Waals surface area contributed by atoms with Gasteiger partial charge < -0.3 is 0 Å². The highest BCUT2D eigenvalue weighted by Gasteiger charge is 2.37. The van der Waals surface area contributed by atoms with Crippen LogP contribution < -0.4 is 4.90 Å². The van der Waals surface area contributed by atoms with Crippen molar-refractivity contribution in [3.8, 4) is 6.07 Å². The van der Waals surface area contributed by atoms with E-state index in [0.717, 1.165) is 10.5 Å². The highest BCUT2D eigenvalue weighted by atomic mass is 16.2. The number of amides is 2. The molecule has 21 heavy (non-hydrogen) atoms. The fraction of sp³-hybridized carbons (Fsp3) is 0.125. The van der Waals surface area contributed by atoms with Crippen molar-refractivity contribution in [2.24, 2.45) is 0 Å². The third-order valence-corrected chi connectivity index (χ3v) is 3.50. The summed E-state index contributed by atoms with van der Waals surface area (Å²) in [6.45, 7) is 1.90. The molecule has 1 aromatic heterocycles. The lowest BCUT2D eigenvalue weighted by molar-refractivity contribution is 0.0926. The number of nitriles is 1. The van der Waals surface area contributed by atoms with Gasteiger partial charge in [-0.2, -0.15) is 5.26 Å². The fourth-order valence-electron chi connectivity index (χ4n) is 2.44. The van der Waals surface area contributed by atoms with Crippen molar-refractivity contribution in [2.45, 2.75) is 13.3 Å². The van der Waals surface area contributed by atoms with Gasteiger partial charge in [0.05, 0.1) is 23.0 Å². The van der Waals surface area contributed by atoms with Gasteiger partial charge in [-0.3, -0.25) is 9.59 Å². The van der Waals surface area contributed by atoms with E-state index in [1.54, 1.807) is 30.3 Å². The van der Waals surface area contributed by atoms with Crippen LogP contribution in [-0.2, 0) is 6.42 Å². The summed E-state index contributed by atoms with van der Waals surface area (Å²) in [5.41, 5.74) is 2.26. The van der Waals surface area contributed by atoms with Crippen LogP contribution in [0.4, 0.5) is 5.69 Å². The Bertz CT molecular complexity index is 770. The van der Waals surface area contributed by atoms with Crippen molar-refractivity contribution in [1.29, 1.82) is 5.26 Å². The third-order valence-electron chi connectivity index (χ3n) is 3.50. The smallest absolute Gasteiger partial charge is 0.266 e. The molecule has 2 heterocycles. The Morgan fingerprint density at radius 1 is 1.19 bits per heavy atom. The number of carbonyl (C=O) groups is 2. The molecule has 0 N–H and O–H groups in total. The first-order chi connectivity index (χ1) is 10.2. The molecule has 2 aromatic rings. The number of fused-ring (bicyclic) bond motifs is 1. The number of pyridine rings is 1. The van der Waals surface area contributed by atoms with Crippen molar-refractivity contribution in [2.75, 3.05) is 4.90 Å². The Hall–Kier alpha value is -3.00. The number of hydrogen-bond acceptors (Lipinski definition) is 4. The van der Waals surface area contributed by atoms with E-state index in [1.807, 2.05) is 13.0 Å². The van der Waals surface area contributed by atoms with Crippen LogP contribution in [0.15, 0.2) is 36.5 Å². The molecule has 0 bridgehead atoms. The van der Waals surface area contributed by atoms with Crippen molar-refractivity contribution in [3.63, 3.8) is 0 Å². The van der Waals surface area contributed by atoms with Crippen LogP contribution >= 0.6 is 0 Å². The molecule has 0 spiro atoms.